The summed E-state index contributed by atoms with van der Waals surface area (Å²) in [7, 11) is 0.537. The molecule has 18 heavy (non-hydrogen) atoms. The number of hydrogen-bond acceptors (Lipinski definition) is 3. The van der Waals surface area contributed by atoms with Gasteiger partial charge in [0.2, 0.25) is 0 Å². The molecule has 0 aliphatic rings. The maximum absolute atomic E-state index is 12.4. The van der Waals surface area contributed by atoms with Crippen LogP contribution in [0.5, 0.6) is 0 Å². The molecule has 0 bridgehead atoms. The fourth-order valence-corrected chi connectivity index (χ4v) is 3.21. The van der Waals surface area contributed by atoms with Crippen LogP contribution in [-0.2, 0) is 15.5 Å². The Labute approximate surface area is 112 Å². The van der Waals surface area contributed by atoms with Gasteiger partial charge in [-0.15, -0.1) is 0 Å². The van der Waals surface area contributed by atoms with Crippen molar-refractivity contribution in [3.8, 4) is 0 Å². The van der Waals surface area contributed by atoms with Crippen LogP contribution in [0, 0.1) is 13.8 Å². The Morgan fingerprint density at radius 1 is 1.39 bits per heavy atom. The van der Waals surface area contributed by atoms with Gasteiger partial charge in [0.25, 0.3) is 0 Å². The van der Waals surface area contributed by atoms with Gasteiger partial charge in [-0.25, -0.2) is 0 Å². The molecule has 0 amide bonds. The molecule has 1 aromatic rings. The van der Waals surface area contributed by atoms with Crippen molar-refractivity contribution in [3.63, 3.8) is 0 Å². The lowest BCUT2D eigenvalue weighted by atomic mass is 10.0. The third kappa shape index (κ3) is 3.64. The van der Waals surface area contributed by atoms with Gasteiger partial charge < -0.3 is 10.5 Å². The first kappa shape index (κ1) is 15.3. The molecule has 0 radical (unpaired) electrons. The molecule has 0 saturated heterocycles. The number of rotatable bonds is 5. The van der Waals surface area contributed by atoms with Crippen molar-refractivity contribution in [2.75, 3.05) is 12.9 Å². The smallest absolute Gasteiger partial charge is 0.0782 e. The third-order valence-electron chi connectivity index (χ3n) is 3.34. The third-order valence-corrected chi connectivity index (χ3v) is 4.93. The highest BCUT2D eigenvalue weighted by atomic mass is 32.2. The second-order valence-corrected chi connectivity index (χ2v) is 6.66. The van der Waals surface area contributed by atoms with Crippen molar-refractivity contribution in [3.05, 3.63) is 29.3 Å². The average Bonchev–Trinajstić information content (AvgIpc) is 2.31. The summed E-state index contributed by atoms with van der Waals surface area (Å²) in [5, 5.41) is 0. The molecule has 3 nitrogen and oxygen atoms in total. The number of methoxy groups -OCH3 is 1. The second-order valence-electron chi connectivity index (χ2n) is 5.20. The summed E-state index contributed by atoms with van der Waals surface area (Å²) < 4.78 is 17.7. The van der Waals surface area contributed by atoms with E-state index in [4.69, 9.17) is 10.5 Å². The maximum atomic E-state index is 12.4. The molecule has 102 valence electrons. The summed E-state index contributed by atoms with van der Waals surface area (Å²) in [6.45, 7) is 7.80. The van der Waals surface area contributed by atoms with Gasteiger partial charge in [0.15, 0.2) is 0 Å². The molecular formula is C14H23NO2S. The number of aryl methyl sites for hydroxylation is 2. The maximum Gasteiger partial charge on any atom is 0.0782 e. The lowest BCUT2D eigenvalue weighted by molar-refractivity contribution is 0.00645. The van der Waals surface area contributed by atoms with Gasteiger partial charge in [0.05, 0.1) is 16.4 Å². The highest BCUT2D eigenvalue weighted by Crippen LogP contribution is 2.19. The van der Waals surface area contributed by atoms with Crippen LogP contribution in [0.1, 0.15) is 25.0 Å². The molecule has 0 heterocycles. The van der Waals surface area contributed by atoms with E-state index in [0.717, 1.165) is 16.0 Å². The predicted octanol–water partition coefficient (Wildman–Crippen LogP) is 2.16. The van der Waals surface area contributed by atoms with Crippen LogP contribution in [-0.4, -0.2) is 28.7 Å². The van der Waals surface area contributed by atoms with Crippen LogP contribution in [0.25, 0.3) is 0 Å². The minimum Gasteiger partial charge on any atom is -0.377 e. The van der Waals surface area contributed by atoms with Crippen molar-refractivity contribution >= 4 is 10.8 Å². The van der Waals surface area contributed by atoms with Crippen molar-refractivity contribution in [1.82, 2.24) is 0 Å². The predicted molar refractivity (Wildman–Crippen MR) is 76.3 cm³/mol. The van der Waals surface area contributed by atoms with E-state index in [0.29, 0.717) is 5.75 Å². The molecule has 1 aromatic carbocycles. The first-order valence-corrected chi connectivity index (χ1v) is 7.36. The lowest BCUT2D eigenvalue weighted by Gasteiger charge is -2.29. The van der Waals surface area contributed by atoms with Gasteiger partial charge in [-0.2, -0.15) is 0 Å². The van der Waals surface area contributed by atoms with E-state index in [1.54, 1.807) is 7.11 Å². The zero-order chi connectivity index (χ0) is 13.9. The molecule has 0 spiro atoms. The number of ether oxygens (including phenoxy) is 1. The van der Waals surface area contributed by atoms with Crippen molar-refractivity contribution in [2.24, 2.45) is 5.73 Å². The van der Waals surface area contributed by atoms with Crippen LogP contribution in [0.4, 0.5) is 0 Å². The minimum atomic E-state index is -1.09. The Morgan fingerprint density at radius 2 is 2.00 bits per heavy atom. The Hall–Kier alpha value is -0.710. The molecule has 2 atom stereocenters. The Morgan fingerprint density at radius 3 is 2.56 bits per heavy atom. The summed E-state index contributed by atoms with van der Waals surface area (Å²) in [5.41, 5.74) is 7.76. The van der Waals surface area contributed by atoms with E-state index in [-0.39, 0.29) is 6.04 Å². The molecule has 4 heteroatoms. The van der Waals surface area contributed by atoms with Crippen LogP contribution in [0.2, 0.25) is 0 Å². The SMILES string of the molecule is COC(C)(C)C(N)CS(=O)c1cc(C)ccc1C. The Bertz CT molecular complexity index is 443. The molecule has 2 unspecified atom stereocenters. The highest BCUT2D eigenvalue weighted by Gasteiger charge is 2.28. The summed E-state index contributed by atoms with van der Waals surface area (Å²) in [6.07, 6.45) is 0. The second kappa shape index (κ2) is 5.95. The van der Waals surface area contributed by atoms with Crippen LogP contribution in [0.3, 0.4) is 0 Å². The summed E-state index contributed by atoms with van der Waals surface area (Å²) in [5.74, 6) is 0.408. The van der Waals surface area contributed by atoms with E-state index < -0.39 is 16.4 Å². The molecular weight excluding hydrogens is 246 g/mol. The number of nitrogens with two attached hydrogens (primary N) is 1. The van der Waals surface area contributed by atoms with Gasteiger partial charge in [-0.05, 0) is 44.9 Å². The van der Waals surface area contributed by atoms with Gasteiger partial charge in [-0.3, -0.25) is 4.21 Å². The number of hydrogen-bond donors (Lipinski definition) is 1. The monoisotopic (exact) mass is 269 g/mol. The minimum absolute atomic E-state index is 0.261. The quantitative estimate of drug-likeness (QED) is 0.891. The largest absolute Gasteiger partial charge is 0.377 e. The normalized spacial score (nSPS) is 15.4. The first-order chi connectivity index (χ1) is 8.27. The van der Waals surface area contributed by atoms with Crippen molar-refractivity contribution in [2.45, 2.75) is 44.2 Å². The van der Waals surface area contributed by atoms with E-state index >= 15 is 0 Å². The lowest BCUT2D eigenvalue weighted by Crippen LogP contribution is -2.48. The standard InChI is InChI=1S/C14H23NO2S/c1-10-6-7-11(2)12(8-10)18(16)9-13(15)14(3,4)17-5/h6-8,13H,9,15H2,1-5H3. The molecule has 0 aliphatic carbocycles. The van der Waals surface area contributed by atoms with Crippen LogP contribution >= 0.6 is 0 Å². The summed E-state index contributed by atoms with van der Waals surface area (Å²) in [4.78, 5) is 0.873. The van der Waals surface area contributed by atoms with Crippen molar-refractivity contribution < 1.29 is 8.95 Å². The van der Waals surface area contributed by atoms with E-state index in [9.17, 15) is 4.21 Å². The van der Waals surface area contributed by atoms with E-state index in [2.05, 4.69) is 0 Å². The molecule has 0 fully saturated rings. The molecule has 2 N–H and O–H groups in total. The molecule has 0 aromatic heterocycles. The summed E-state index contributed by atoms with van der Waals surface area (Å²) >= 11 is 0. The van der Waals surface area contributed by atoms with Gasteiger partial charge in [-0.1, -0.05) is 12.1 Å². The highest BCUT2D eigenvalue weighted by molar-refractivity contribution is 7.85. The van der Waals surface area contributed by atoms with Gasteiger partial charge in [0.1, 0.15) is 0 Å². The zero-order valence-electron chi connectivity index (χ0n) is 11.8. The number of benzene rings is 1. The summed E-state index contributed by atoms with van der Waals surface area (Å²) in [6, 6.07) is 5.73. The molecule has 0 aliphatic heterocycles. The van der Waals surface area contributed by atoms with E-state index in [1.807, 2.05) is 45.9 Å². The van der Waals surface area contributed by atoms with Gasteiger partial charge >= 0.3 is 0 Å². The fourth-order valence-electron chi connectivity index (χ4n) is 1.56. The Balaban J connectivity index is 2.86. The average molecular weight is 269 g/mol. The first-order valence-electron chi connectivity index (χ1n) is 6.04. The fraction of sp³-hybridized carbons (Fsp3) is 0.571. The molecule has 1 rings (SSSR count). The van der Waals surface area contributed by atoms with Gasteiger partial charge in [0, 0.05) is 23.8 Å². The molecule has 0 saturated carbocycles. The topological polar surface area (TPSA) is 52.3 Å². The zero-order valence-corrected chi connectivity index (χ0v) is 12.6. The van der Waals surface area contributed by atoms with Crippen LogP contribution in [0.15, 0.2) is 23.1 Å². The van der Waals surface area contributed by atoms with Crippen molar-refractivity contribution in [1.29, 1.82) is 0 Å². The van der Waals surface area contributed by atoms with E-state index in [1.165, 1.54) is 0 Å². The van der Waals surface area contributed by atoms with Crippen LogP contribution < -0.4 is 5.73 Å². The Kier molecular flexibility index (Phi) is 5.08.